The second-order valence-electron chi connectivity index (χ2n) is 4.49. The van der Waals surface area contributed by atoms with Crippen molar-refractivity contribution in [1.29, 1.82) is 0 Å². The van der Waals surface area contributed by atoms with Gasteiger partial charge in [-0.2, -0.15) is 5.10 Å². The molecule has 0 aliphatic rings. The maximum atomic E-state index is 6.16. The molecule has 0 fully saturated rings. The fraction of sp³-hybridized carbons (Fsp3) is 0.750. The van der Waals surface area contributed by atoms with E-state index in [4.69, 9.17) is 11.6 Å². The first kappa shape index (κ1) is 13.5. The molecular weight excluding hydrogens is 222 g/mol. The van der Waals surface area contributed by atoms with E-state index < -0.39 is 0 Å². The van der Waals surface area contributed by atoms with E-state index in [0.717, 1.165) is 30.2 Å². The fourth-order valence-corrected chi connectivity index (χ4v) is 2.17. The van der Waals surface area contributed by atoms with Crippen LogP contribution in [0.15, 0.2) is 6.20 Å². The maximum Gasteiger partial charge on any atom is 0.0820 e. The molecule has 4 heteroatoms. The lowest BCUT2D eigenvalue weighted by atomic mass is 10.0. The van der Waals surface area contributed by atoms with E-state index in [1.165, 1.54) is 0 Å². The van der Waals surface area contributed by atoms with Crippen molar-refractivity contribution in [1.82, 2.24) is 15.1 Å². The van der Waals surface area contributed by atoms with Gasteiger partial charge in [0.05, 0.1) is 16.9 Å². The molecule has 0 aliphatic carbocycles. The van der Waals surface area contributed by atoms with E-state index in [-0.39, 0.29) is 0 Å². The van der Waals surface area contributed by atoms with Crippen LogP contribution in [0, 0.1) is 0 Å². The highest BCUT2D eigenvalue weighted by Crippen LogP contribution is 2.26. The van der Waals surface area contributed by atoms with Crippen LogP contribution in [0.4, 0.5) is 0 Å². The van der Waals surface area contributed by atoms with Gasteiger partial charge in [-0.25, -0.2) is 0 Å². The van der Waals surface area contributed by atoms with E-state index in [0.29, 0.717) is 12.0 Å². The molecule has 1 unspecified atom stereocenters. The first-order valence-corrected chi connectivity index (χ1v) is 6.38. The Morgan fingerprint density at radius 2 is 2.12 bits per heavy atom. The number of hydrogen-bond donors (Lipinski definition) is 1. The summed E-state index contributed by atoms with van der Waals surface area (Å²) in [4.78, 5) is 0. The number of nitrogens with zero attached hydrogens (tertiary/aromatic N) is 2. The molecular formula is C12H22ClN3. The monoisotopic (exact) mass is 243 g/mol. The Bertz CT molecular complexity index is 320. The van der Waals surface area contributed by atoms with Crippen LogP contribution in [0.5, 0.6) is 0 Å². The number of hydrogen-bond acceptors (Lipinski definition) is 2. The predicted molar refractivity (Wildman–Crippen MR) is 69.1 cm³/mol. The van der Waals surface area contributed by atoms with Crippen LogP contribution in [-0.4, -0.2) is 22.4 Å². The number of rotatable bonds is 6. The van der Waals surface area contributed by atoms with Crippen LogP contribution in [-0.2, 0) is 6.54 Å². The van der Waals surface area contributed by atoms with Gasteiger partial charge in [0.15, 0.2) is 0 Å². The van der Waals surface area contributed by atoms with Crippen molar-refractivity contribution in [3.05, 3.63) is 16.9 Å². The molecule has 0 aromatic carbocycles. The van der Waals surface area contributed by atoms with Gasteiger partial charge in [-0.1, -0.05) is 32.4 Å². The van der Waals surface area contributed by atoms with Crippen LogP contribution in [0.25, 0.3) is 0 Å². The van der Waals surface area contributed by atoms with Gasteiger partial charge in [0, 0.05) is 18.5 Å². The molecule has 0 aliphatic heterocycles. The number of aromatic nitrogens is 2. The second-order valence-corrected chi connectivity index (χ2v) is 4.90. The number of aryl methyl sites for hydroxylation is 1. The minimum absolute atomic E-state index is 0.446. The van der Waals surface area contributed by atoms with Crippen molar-refractivity contribution in [2.24, 2.45) is 0 Å². The van der Waals surface area contributed by atoms with Crippen molar-refractivity contribution in [3.63, 3.8) is 0 Å². The van der Waals surface area contributed by atoms with Gasteiger partial charge in [0.25, 0.3) is 0 Å². The molecule has 3 nitrogen and oxygen atoms in total. The number of nitrogens with one attached hydrogen (secondary N) is 1. The first-order valence-electron chi connectivity index (χ1n) is 6.00. The molecule has 0 saturated heterocycles. The third-order valence-electron chi connectivity index (χ3n) is 2.73. The Morgan fingerprint density at radius 1 is 1.44 bits per heavy atom. The van der Waals surface area contributed by atoms with Gasteiger partial charge in [-0.3, -0.25) is 4.68 Å². The van der Waals surface area contributed by atoms with Gasteiger partial charge < -0.3 is 5.32 Å². The summed E-state index contributed by atoms with van der Waals surface area (Å²) in [6.45, 7) is 10.5. The molecule has 1 atom stereocenters. The Morgan fingerprint density at radius 3 is 2.69 bits per heavy atom. The summed E-state index contributed by atoms with van der Waals surface area (Å²) in [6, 6.07) is 0.541. The smallest absolute Gasteiger partial charge is 0.0820 e. The zero-order valence-corrected chi connectivity index (χ0v) is 11.4. The first-order chi connectivity index (χ1) is 7.56. The lowest BCUT2D eigenvalue weighted by Gasteiger charge is -2.15. The lowest BCUT2D eigenvalue weighted by Crippen LogP contribution is -2.25. The molecule has 1 rings (SSSR count). The summed E-state index contributed by atoms with van der Waals surface area (Å²) in [6.07, 6.45) is 2.83. The highest BCUT2D eigenvalue weighted by atomic mass is 35.5. The molecule has 0 amide bonds. The third kappa shape index (κ3) is 3.49. The molecule has 0 saturated carbocycles. The topological polar surface area (TPSA) is 29.9 Å². The Labute approximate surface area is 103 Å². The van der Waals surface area contributed by atoms with E-state index in [1.54, 1.807) is 6.20 Å². The SMILES string of the molecule is CCn1ncc(Cl)c1C(C)CCNC(C)C. The molecule has 1 N–H and O–H groups in total. The largest absolute Gasteiger partial charge is 0.315 e. The minimum Gasteiger partial charge on any atom is -0.315 e. The average Bonchev–Trinajstić information content (AvgIpc) is 2.58. The van der Waals surface area contributed by atoms with Crippen molar-refractivity contribution in [2.75, 3.05) is 6.54 Å². The fourth-order valence-electron chi connectivity index (χ4n) is 1.84. The van der Waals surface area contributed by atoms with Crippen molar-refractivity contribution in [3.8, 4) is 0 Å². The van der Waals surface area contributed by atoms with Gasteiger partial charge in [-0.05, 0) is 19.9 Å². The molecule has 1 heterocycles. The van der Waals surface area contributed by atoms with Gasteiger partial charge in [0.1, 0.15) is 0 Å². The summed E-state index contributed by atoms with van der Waals surface area (Å²) >= 11 is 6.16. The Balaban J connectivity index is 2.58. The van der Waals surface area contributed by atoms with Crippen molar-refractivity contribution >= 4 is 11.6 Å². The van der Waals surface area contributed by atoms with Crippen LogP contribution in [0.3, 0.4) is 0 Å². The highest BCUT2D eigenvalue weighted by molar-refractivity contribution is 6.31. The molecule has 0 spiro atoms. The zero-order chi connectivity index (χ0) is 12.1. The predicted octanol–water partition coefficient (Wildman–Crippen LogP) is 3.05. The van der Waals surface area contributed by atoms with Crippen molar-refractivity contribution in [2.45, 2.75) is 52.6 Å². The maximum absolute atomic E-state index is 6.16. The summed E-state index contributed by atoms with van der Waals surface area (Å²) < 4.78 is 1.99. The van der Waals surface area contributed by atoms with Gasteiger partial charge >= 0.3 is 0 Å². The molecule has 16 heavy (non-hydrogen) atoms. The normalized spacial score (nSPS) is 13.4. The molecule has 92 valence electrons. The molecule has 1 aromatic heterocycles. The van der Waals surface area contributed by atoms with E-state index in [1.807, 2.05) is 4.68 Å². The minimum atomic E-state index is 0.446. The summed E-state index contributed by atoms with van der Waals surface area (Å²) in [5.74, 6) is 0.446. The quantitative estimate of drug-likeness (QED) is 0.832. The van der Waals surface area contributed by atoms with E-state index in [9.17, 15) is 0 Å². The van der Waals surface area contributed by atoms with Crippen molar-refractivity contribution < 1.29 is 0 Å². The Kier molecular flexibility index (Phi) is 5.29. The summed E-state index contributed by atoms with van der Waals surface area (Å²) in [7, 11) is 0. The zero-order valence-electron chi connectivity index (χ0n) is 10.6. The lowest BCUT2D eigenvalue weighted by molar-refractivity contribution is 0.512. The average molecular weight is 244 g/mol. The Hall–Kier alpha value is -0.540. The van der Waals surface area contributed by atoms with Crippen LogP contribution >= 0.6 is 11.6 Å². The highest BCUT2D eigenvalue weighted by Gasteiger charge is 2.15. The standard InChI is InChI=1S/C12H22ClN3/c1-5-16-12(11(13)8-15-16)10(4)6-7-14-9(2)3/h8-10,14H,5-7H2,1-4H3. The molecule has 1 aromatic rings. The van der Waals surface area contributed by atoms with E-state index >= 15 is 0 Å². The summed E-state index contributed by atoms with van der Waals surface area (Å²) in [5.41, 5.74) is 1.16. The summed E-state index contributed by atoms with van der Waals surface area (Å²) in [5, 5.41) is 8.48. The van der Waals surface area contributed by atoms with Gasteiger partial charge in [-0.15, -0.1) is 0 Å². The third-order valence-corrected chi connectivity index (χ3v) is 3.02. The molecule has 0 bridgehead atoms. The van der Waals surface area contributed by atoms with Gasteiger partial charge in [0.2, 0.25) is 0 Å². The molecule has 0 radical (unpaired) electrons. The van der Waals surface area contributed by atoms with Crippen LogP contribution in [0.1, 0.15) is 45.7 Å². The second kappa shape index (κ2) is 6.26. The van der Waals surface area contributed by atoms with E-state index in [2.05, 4.69) is 38.1 Å². The van der Waals surface area contributed by atoms with Crippen LogP contribution < -0.4 is 5.32 Å². The van der Waals surface area contributed by atoms with Crippen LogP contribution in [0.2, 0.25) is 5.02 Å². The number of halogens is 1.